The molecule has 0 aromatic carbocycles. The second-order valence-corrected chi connectivity index (χ2v) is 3.07. The first kappa shape index (κ1) is 9.44. The van der Waals surface area contributed by atoms with Crippen molar-refractivity contribution in [2.45, 2.75) is 6.54 Å². The molecule has 1 aliphatic heterocycles. The number of nitrogens with one attached hydrogen (secondary N) is 1. The maximum absolute atomic E-state index is 11.2. The standard InChI is InChI=1S/C7H10N6O2/c8-6-10-4-12(11-6)1-2-13-5(14)3-9-7(13)15/h4H,1-3H2,(H2,8,11)(H,9,15). The van der Waals surface area contributed by atoms with Crippen LogP contribution in [0.4, 0.5) is 10.7 Å². The van der Waals surface area contributed by atoms with E-state index in [1.807, 2.05) is 0 Å². The number of carbonyl (C=O) groups excluding carboxylic acids is 2. The lowest BCUT2D eigenvalue weighted by molar-refractivity contribution is -0.125. The summed E-state index contributed by atoms with van der Waals surface area (Å²) in [6.07, 6.45) is 1.45. The first-order valence-corrected chi connectivity index (χ1v) is 4.40. The minimum Gasteiger partial charge on any atom is -0.367 e. The Labute approximate surface area is 85.0 Å². The molecule has 0 atom stereocenters. The lowest BCUT2D eigenvalue weighted by atomic mass is 10.5. The van der Waals surface area contributed by atoms with E-state index >= 15 is 0 Å². The molecule has 0 bridgehead atoms. The zero-order valence-corrected chi connectivity index (χ0v) is 7.88. The van der Waals surface area contributed by atoms with Crippen molar-refractivity contribution in [3.05, 3.63) is 6.33 Å². The Morgan fingerprint density at radius 3 is 2.80 bits per heavy atom. The highest BCUT2D eigenvalue weighted by atomic mass is 16.2. The maximum Gasteiger partial charge on any atom is 0.324 e. The van der Waals surface area contributed by atoms with E-state index in [1.54, 1.807) is 0 Å². The first-order valence-electron chi connectivity index (χ1n) is 4.40. The molecule has 0 radical (unpaired) electrons. The lowest BCUT2D eigenvalue weighted by Crippen LogP contribution is -2.33. The number of anilines is 1. The molecule has 1 aromatic rings. The number of urea groups is 1. The van der Waals surface area contributed by atoms with Crippen molar-refractivity contribution in [1.82, 2.24) is 25.0 Å². The van der Waals surface area contributed by atoms with E-state index in [1.165, 1.54) is 11.0 Å². The third-order valence-electron chi connectivity index (χ3n) is 2.04. The predicted molar refractivity (Wildman–Crippen MR) is 49.5 cm³/mol. The predicted octanol–water partition coefficient (Wildman–Crippen LogP) is -1.59. The van der Waals surface area contributed by atoms with E-state index in [9.17, 15) is 9.59 Å². The van der Waals surface area contributed by atoms with Crippen molar-refractivity contribution in [2.75, 3.05) is 18.8 Å². The Morgan fingerprint density at radius 2 is 2.27 bits per heavy atom. The summed E-state index contributed by atoms with van der Waals surface area (Å²) >= 11 is 0. The molecule has 0 saturated carbocycles. The molecule has 1 aliphatic rings. The summed E-state index contributed by atoms with van der Waals surface area (Å²) in [5.41, 5.74) is 5.31. The number of amides is 3. The number of nitrogens with zero attached hydrogens (tertiary/aromatic N) is 4. The quantitative estimate of drug-likeness (QED) is 0.585. The highest BCUT2D eigenvalue weighted by molar-refractivity contribution is 6.01. The minimum absolute atomic E-state index is 0.0678. The molecule has 8 heteroatoms. The van der Waals surface area contributed by atoms with Gasteiger partial charge >= 0.3 is 6.03 Å². The van der Waals surface area contributed by atoms with Crippen LogP contribution in [0.5, 0.6) is 0 Å². The third-order valence-corrected chi connectivity index (χ3v) is 2.04. The number of carbonyl (C=O) groups is 2. The monoisotopic (exact) mass is 210 g/mol. The summed E-state index contributed by atoms with van der Waals surface area (Å²) in [6.45, 7) is 0.731. The van der Waals surface area contributed by atoms with Crippen LogP contribution in [-0.4, -0.2) is 44.7 Å². The molecule has 0 unspecified atom stereocenters. The average Bonchev–Trinajstić information content (AvgIpc) is 2.73. The topological polar surface area (TPSA) is 106 Å². The largest absolute Gasteiger partial charge is 0.367 e. The zero-order valence-electron chi connectivity index (χ0n) is 7.88. The van der Waals surface area contributed by atoms with Crippen LogP contribution in [0.3, 0.4) is 0 Å². The smallest absolute Gasteiger partial charge is 0.324 e. The molecule has 0 spiro atoms. The number of rotatable bonds is 3. The van der Waals surface area contributed by atoms with Gasteiger partial charge in [-0.3, -0.25) is 9.69 Å². The highest BCUT2D eigenvalue weighted by Crippen LogP contribution is 1.99. The molecule has 2 rings (SSSR count). The maximum atomic E-state index is 11.2. The van der Waals surface area contributed by atoms with E-state index in [4.69, 9.17) is 5.73 Å². The van der Waals surface area contributed by atoms with Gasteiger partial charge in [-0.05, 0) is 0 Å². The summed E-state index contributed by atoms with van der Waals surface area (Å²) in [4.78, 5) is 27.2. The highest BCUT2D eigenvalue weighted by Gasteiger charge is 2.27. The van der Waals surface area contributed by atoms with Crippen molar-refractivity contribution in [1.29, 1.82) is 0 Å². The second-order valence-electron chi connectivity index (χ2n) is 3.07. The van der Waals surface area contributed by atoms with Gasteiger partial charge in [0.1, 0.15) is 6.33 Å². The Kier molecular flexibility index (Phi) is 2.24. The third kappa shape index (κ3) is 1.87. The number of aromatic nitrogens is 3. The number of hydrogen-bond donors (Lipinski definition) is 2. The van der Waals surface area contributed by atoms with Crippen LogP contribution >= 0.6 is 0 Å². The van der Waals surface area contributed by atoms with Crippen LogP contribution in [0.1, 0.15) is 0 Å². The van der Waals surface area contributed by atoms with Crippen molar-refractivity contribution >= 4 is 17.9 Å². The number of imide groups is 1. The summed E-state index contributed by atoms with van der Waals surface area (Å²) in [5, 5.41) is 6.26. The van der Waals surface area contributed by atoms with Crippen molar-refractivity contribution in [3.63, 3.8) is 0 Å². The normalized spacial score (nSPS) is 15.9. The van der Waals surface area contributed by atoms with Crippen LogP contribution in [0.15, 0.2) is 6.33 Å². The summed E-state index contributed by atoms with van der Waals surface area (Å²) in [6, 6.07) is -0.368. The second kappa shape index (κ2) is 3.56. The van der Waals surface area contributed by atoms with Crippen molar-refractivity contribution in [3.8, 4) is 0 Å². The van der Waals surface area contributed by atoms with Gasteiger partial charge in [0.15, 0.2) is 0 Å². The molecule has 8 nitrogen and oxygen atoms in total. The zero-order chi connectivity index (χ0) is 10.8. The molecule has 3 N–H and O–H groups in total. The van der Waals surface area contributed by atoms with Crippen LogP contribution in [-0.2, 0) is 11.3 Å². The van der Waals surface area contributed by atoms with Crippen LogP contribution in [0.2, 0.25) is 0 Å². The lowest BCUT2D eigenvalue weighted by Gasteiger charge is -2.11. The summed E-state index contributed by atoms with van der Waals surface area (Å²) in [7, 11) is 0. The van der Waals surface area contributed by atoms with E-state index in [2.05, 4.69) is 15.4 Å². The minimum atomic E-state index is -0.368. The molecule has 2 heterocycles. The SMILES string of the molecule is Nc1ncn(CCN2C(=O)CNC2=O)n1. The number of hydrogen-bond acceptors (Lipinski definition) is 5. The van der Waals surface area contributed by atoms with Crippen molar-refractivity contribution in [2.24, 2.45) is 0 Å². The number of nitrogen functional groups attached to an aromatic ring is 1. The molecule has 1 saturated heterocycles. The van der Waals surface area contributed by atoms with E-state index in [0.717, 1.165) is 4.90 Å². The molecule has 1 fully saturated rings. The molecule has 1 aromatic heterocycles. The Morgan fingerprint density at radius 1 is 1.47 bits per heavy atom. The van der Waals surface area contributed by atoms with Gasteiger partial charge in [0, 0.05) is 0 Å². The van der Waals surface area contributed by atoms with Gasteiger partial charge in [-0.15, -0.1) is 5.10 Å². The van der Waals surface area contributed by atoms with E-state index < -0.39 is 0 Å². The Hall–Kier alpha value is -2.12. The van der Waals surface area contributed by atoms with Gasteiger partial charge in [0.2, 0.25) is 11.9 Å². The van der Waals surface area contributed by atoms with Crippen LogP contribution < -0.4 is 11.1 Å². The number of nitrogens with two attached hydrogens (primary N) is 1. The van der Waals surface area contributed by atoms with Crippen LogP contribution in [0.25, 0.3) is 0 Å². The Bertz CT molecular complexity index is 384. The van der Waals surface area contributed by atoms with E-state index in [0.29, 0.717) is 6.54 Å². The average molecular weight is 210 g/mol. The van der Waals surface area contributed by atoms with Crippen molar-refractivity contribution < 1.29 is 9.59 Å². The van der Waals surface area contributed by atoms with Gasteiger partial charge in [0.25, 0.3) is 0 Å². The fraction of sp³-hybridized carbons (Fsp3) is 0.429. The molecule has 3 amide bonds. The molecular formula is C7H10N6O2. The summed E-state index contributed by atoms with van der Waals surface area (Å²) < 4.78 is 1.48. The first-order chi connectivity index (χ1) is 7.16. The van der Waals surface area contributed by atoms with Gasteiger partial charge in [0.05, 0.1) is 19.6 Å². The van der Waals surface area contributed by atoms with Gasteiger partial charge in [-0.2, -0.15) is 0 Å². The van der Waals surface area contributed by atoms with Gasteiger partial charge in [-0.25, -0.2) is 14.5 Å². The summed E-state index contributed by atoms with van der Waals surface area (Å²) in [5.74, 6) is -0.0553. The molecule has 0 aliphatic carbocycles. The molecule has 15 heavy (non-hydrogen) atoms. The fourth-order valence-electron chi connectivity index (χ4n) is 1.30. The molecule has 80 valence electrons. The van der Waals surface area contributed by atoms with Crippen LogP contribution in [0, 0.1) is 0 Å². The van der Waals surface area contributed by atoms with Gasteiger partial charge < -0.3 is 11.1 Å². The fourth-order valence-corrected chi connectivity index (χ4v) is 1.30. The van der Waals surface area contributed by atoms with Gasteiger partial charge in [-0.1, -0.05) is 0 Å². The molecular weight excluding hydrogens is 200 g/mol. The van der Waals surface area contributed by atoms with E-state index in [-0.39, 0.29) is 31.0 Å². The Balaban J connectivity index is 1.93.